The van der Waals surface area contributed by atoms with Crippen LogP contribution in [0.3, 0.4) is 0 Å². The van der Waals surface area contributed by atoms with Gasteiger partial charge in [0.25, 0.3) is 0 Å². The molecular weight excluding hydrogens is 418 g/mol. The van der Waals surface area contributed by atoms with Gasteiger partial charge < -0.3 is 8.98 Å². The van der Waals surface area contributed by atoms with Gasteiger partial charge in [-0.15, -0.1) is 0 Å². The van der Waals surface area contributed by atoms with Crippen molar-refractivity contribution in [1.82, 2.24) is 4.57 Å². The third-order valence-electron chi connectivity index (χ3n) is 6.65. The first-order chi connectivity index (χ1) is 16.8. The van der Waals surface area contributed by atoms with Gasteiger partial charge in [-0.1, -0.05) is 78.9 Å². The van der Waals surface area contributed by atoms with E-state index in [0.29, 0.717) is 11.0 Å². The average molecular weight is 437 g/mol. The summed E-state index contributed by atoms with van der Waals surface area (Å²) in [5.74, 6) is 0. The molecule has 0 atom stereocenters. The van der Waals surface area contributed by atoms with Crippen molar-refractivity contribution in [3.8, 4) is 16.8 Å². The predicted octanol–water partition coefficient (Wildman–Crippen LogP) is 7.71. The van der Waals surface area contributed by atoms with Crippen molar-refractivity contribution in [2.45, 2.75) is 0 Å². The molecule has 7 aromatic rings. The number of aromatic nitrogens is 1. The number of para-hydroxylation sites is 3. The highest BCUT2D eigenvalue weighted by Gasteiger charge is 2.16. The van der Waals surface area contributed by atoms with Crippen LogP contribution in [0.5, 0.6) is 0 Å². The molecule has 0 unspecified atom stereocenters. The standard InChI is InChI=1S/C31H19NO2/c33-31-30-22(13-8-14-25(30)24-12-5-7-16-29(24)34-31)20-17-18-28-26(19-20)23-11-4-6-15-27(23)32(28)21-9-2-1-3-10-21/h1-19H. The summed E-state index contributed by atoms with van der Waals surface area (Å²) >= 11 is 0. The fourth-order valence-corrected chi connectivity index (χ4v) is 5.16. The fourth-order valence-electron chi connectivity index (χ4n) is 5.16. The SMILES string of the molecule is O=c1oc2ccccc2c2cccc(-c3ccc4c(c3)c3ccccc3n4-c3ccccc3)c12. The number of nitrogens with zero attached hydrogens (tertiary/aromatic N) is 1. The Morgan fingerprint density at radius 2 is 1.26 bits per heavy atom. The Morgan fingerprint density at radius 1 is 0.559 bits per heavy atom. The molecule has 0 saturated carbocycles. The number of benzene rings is 5. The minimum atomic E-state index is -0.309. The minimum absolute atomic E-state index is 0.309. The highest BCUT2D eigenvalue weighted by Crippen LogP contribution is 2.37. The third kappa shape index (κ3) is 2.67. The van der Waals surface area contributed by atoms with E-state index in [9.17, 15) is 4.79 Å². The Kier molecular flexibility index (Phi) is 4.00. The summed E-state index contributed by atoms with van der Waals surface area (Å²) < 4.78 is 7.99. The molecule has 0 aliphatic heterocycles. The molecule has 5 aromatic carbocycles. The molecule has 3 heteroatoms. The highest BCUT2D eigenvalue weighted by molar-refractivity contribution is 6.13. The molecule has 0 aliphatic rings. The molecule has 0 saturated heterocycles. The van der Waals surface area contributed by atoms with Crippen LogP contribution in [0.1, 0.15) is 0 Å². The van der Waals surface area contributed by atoms with E-state index < -0.39 is 0 Å². The third-order valence-corrected chi connectivity index (χ3v) is 6.65. The van der Waals surface area contributed by atoms with E-state index >= 15 is 0 Å². The summed E-state index contributed by atoms with van der Waals surface area (Å²) in [6.07, 6.45) is 0. The zero-order valence-electron chi connectivity index (χ0n) is 18.2. The molecule has 160 valence electrons. The Bertz CT molecular complexity index is 1930. The lowest BCUT2D eigenvalue weighted by molar-refractivity contribution is 0.570. The van der Waals surface area contributed by atoms with Crippen LogP contribution in [0.25, 0.3) is 60.4 Å². The van der Waals surface area contributed by atoms with Crippen LogP contribution in [0.2, 0.25) is 0 Å². The van der Waals surface area contributed by atoms with Crippen molar-refractivity contribution in [3.05, 3.63) is 126 Å². The molecule has 0 spiro atoms. The Morgan fingerprint density at radius 3 is 2.15 bits per heavy atom. The van der Waals surface area contributed by atoms with Crippen LogP contribution in [-0.2, 0) is 0 Å². The lowest BCUT2D eigenvalue weighted by Gasteiger charge is -2.10. The largest absolute Gasteiger partial charge is 0.422 e. The summed E-state index contributed by atoms with van der Waals surface area (Å²) in [5.41, 5.74) is 5.60. The van der Waals surface area contributed by atoms with Gasteiger partial charge in [-0.3, -0.25) is 0 Å². The molecule has 0 bridgehead atoms. The second-order valence-electron chi connectivity index (χ2n) is 8.53. The Hall–Kier alpha value is -4.63. The van der Waals surface area contributed by atoms with Gasteiger partial charge in [0.2, 0.25) is 0 Å². The van der Waals surface area contributed by atoms with E-state index in [1.165, 1.54) is 5.39 Å². The molecule has 0 amide bonds. The van der Waals surface area contributed by atoms with E-state index in [1.54, 1.807) is 0 Å². The molecule has 0 aliphatic carbocycles. The second kappa shape index (κ2) is 7.19. The zero-order valence-corrected chi connectivity index (χ0v) is 18.2. The van der Waals surface area contributed by atoms with E-state index in [2.05, 4.69) is 71.3 Å². The lowest BCUT2D eigenvalue weighted by Crippen LogP contribution is -2.01. The molecule has 2 aromatic heterocycles. The monoisotopic (exact) mass is 437 g/mol. The van der Waals surface area contributed by atoms with Gasteiger partial charge in [-0.2, -0.15) is 0 Å². The van der Waals surface area contributed by atoms with Gasteiger partial charge >= 0.3 is 5.63 Å². The predicted molar refractivity (Wildman–Crippen MR) is 140 cm³/mol. The van der Waals surface area contributed by atoms with Crippen molar-refractivity contribution in [2.75, 3.05) is 0 Å². The molecule has 3 nitrogen and oxygen atoms in total. The zero-order chi connectivity index (χ0) is 22.6. The average Bonchev–Trinajstić information content (AvgIpc) is 3.23. The van der Waals surface area contributed by atoms with E-state index in [1.807, 2.05) is 48.5 Å². The summed E-state index contributed by atoms with van der Waals surface area (Å²) in [6.45, 7) is 0. The maximum Gasteiger partial charge on any atom is 0.344 e. The normalized spacial score (nSPS) is 11.6. The maximum absolute atomic E-state index is 13.1. The lowest BCUT2D eigenvalue weighted by atomic mass is 9.96. The van der Waals surface area contributed by atoms with Crippen LogP contribution < -0.4 is 5.63 Å². The van der Waals surface area contributed by atoms with Crippen LogP contribution >= 0.6 is 0 Å². The molecule has 2 heterocycles. The van der Waals surface area contributed by atoms with Gasteiger partial charge in [0.15, 0.2) is 0 Å². The first-order valence-electron chi connectivity index (χ1n) is 11.3. The summed E-state index contributed by atoms with van der Waals surface area (Å²) in [6, 6.07) is 39.0. The highest BCUT2D eigenvalue weighted by atomic mass is 16.4. The Balaban J connectivity index is 1.56. The van der Waals surface area contributed by atoms with Gasteiger partial charge in [-0.25, -0.2) is 4.79 Å². The fraction of sp³-hybridized carbons (Fsp3) is 0. The number of fused-ring (bicyclic) bond motifs is 6. The molecular formula is C31H19NO2. The number of hydrogen-bond acceptors (Lipinski definition) is 2. The van der Waals surface area contributed by atoms with Crippen molar-refractivity contribution < 1.29 is 4.42 Å². The minimum Gasteiger partial charge on any atom is -0.422 e. The summed E-state index contributed by atoms with van der Waals surface area (Å²) in [5, 5.41) is 4.81. The first-order valence-corrected chi connectivity index (χ1v) is 11.3. The second-order valence-corrected chi connectivity index (χ2v) is 8.53. The van der Waals surface area contributed by atoms with Gasteiger partial charge in [-0.05, 0) is 47.5 Å². The van der Waals surface area contributed by atoms with Crippen LogP contribution in [0.4, 0.5) is 0 Å². The summed E-state index contributed by atoms with van der Waals surface area (Å²) in [4.78, 5) is 13.1. The van der Waals surface area contributed by atoms with E-state index in [-0.39, 0.29) is 5.63 Å². The smallest absolute Gasteiger partial charge is 0.344 e. The molecule has 0 radical (unpaired) electrons. The first kappa shape index (κ1) is 18.9. The van der Waals surface area contributed by atoms with Gasteiger partial charge in [0.05, 0.1) is 16.4 Å². The van der Waals surface area contributed by atoms with Crippen LogP contribution in [0.15, 0.2) is 124 Å². The van der Waals surface area contributed by atoms with Crippen molar-refractivity contribution in [2.24, 2.45) is 0 Å². The molecule has 0 fully saturated rings. The number of rotatable bonds is 2. The quantitative estimate of drug-likeness (QED) is 0.205. The topological polar surface area (TPSA) is 35.1 Å². The van der Waals surface area contributed by atoms with Crippen molar-refractivity contribution in [1.29, 1.82) is 0 Å². The van der Waals surface area contributed by atoms with E-state index in [0.717, 1.165) is 44.0 Å². The van der Waals surface area contributed by atoms with Gasteiger partial charge in [0, 0.05) is 27.2 Å². The van der Waals surface area contributed by atoms with E-state index in [4.69, 9.17) is 4.42 Å². The van der Waals surface area contributed by atoms with Crippen molar-refractivity contribution >= 4 is 43.5 Å². The van der Waals surface area contributed by atoms with Gasteiger partial charge in [0.1, 0.15) is 5.58 Å². The molecule has 34 heavy (non-hydrogen) atoms. The maximum atomic E-state index is 13.1. The summed E-state index contributed by atoms with van der Waals surface area (Å²) in [7, 11) is 0. The molecule has 7 rings (SSSR count). The van der Waals surface area contributed by atoms with Crippen LogP contribution in [-0.4, -0.2) is 4.57 Å². The number of hydrogen-bond donors (Lipinski definition) is 0. The van der Waals surface area contributed by atoms with Crippen LogP contribution in [0, 0.1) is 0 Å². The Labute approximate surface area is 195 Å². The molecule has 0 N–H and O–H groups in total. The van der Waals surface area contributed by atoms with Crippen molar-refractivity contribution in [3.63, 3.8) is 0 Å².